The van der Waals surface area contributed by atoms with Crippen molar-refractivity contribution in [2.24, 2.45) is 0 Å². The fourth-order valence-electron chi connectivity index (χ4n) is 4.03. The molecule has 1 aliphatic rings. The summed E-state index contributed by atoms with van der Waals surface area (Å²) in [5, 5.41) is 8.77. The lowest BCUT2D eigenvalue weighted by Crippen LogP contribution is -2.47. The lowest BCUT2D eigenvalue weighted by atomic mass is 10.0. The topological polar surface area (TPSA) is 44.4 Å². The molecule has 30 heavy (non-hydrogen) atoms. The second kappa shape index (κ2) is 10.5. The van der Waals surface area contributed by atoms with Crippen LogP contribution in [0.25, 0.3) is 0 Å². The molecule has 1 aromatic heterocycles. The number of hydrogen-bond acceptors (Lipinski definition) is 4. The van der Waals surface area contributed by atoms with E-state index in [1.54, 1.807) is 11.3 Å². The molecular formula is C25H29N3OS. The first-order valence-corrected chi connectivity index (χ1v) is 11.5. The van der Waals surface area contributed by atoms with Crippen LogP contribution < -0.4 is 10.6 Å². The fourth-order valence-corrected chi connectivity index (χ4v) is 4.86. The highest BCUT2D eigenvalue weighted by Gasteiger charge is 2.21. The average molecular weight is 420 g/mol. The van der Waals surface area contributed by atoms with Gasteiger partial charge in [0.15, 0.2) is 0 Å². The molecule has 4 rings (SSSR count). The van der Waals surface area contributed by atoms with Crippen LogP contribution >= 0.6 is 11.3 Å². The molecule has 1 amide bonds. The number of benzene rings is 2. The van der Waals surface area contributed by atoms with Gasteiger partial charge in [-0.2, -0.15) is 0 Å². The van der Waals surface area contributed by atoms with Crippen LogP contribution in [0.2, 0.25) is 0 Å². The minimum Gasteiger partial charge on any atom is -0.352 e. The molecule has 0 saturated carbocycles. The van der Waals surface area contributed by atoms with Crippen LogP contribution in [-0.2, 0) is 11.3 Å². The largest absolute Gasteiger partial charge is 0.352 e. The molecule has 1 saturated heterocycles. The summed E-state index contributed by atoms with van der Waals surface area (Å²) in [7, 11) is 0. The van der Waals surface area contributed by atoms with Crippen molar-refractivity contribution < 1.29 is 4.79 Å². The second-order valence-electron chi connectivity index (χ2n) is 7.84. The Morgan fingerprint density at radius 3 is 2.33 bits per heavy atom. The summed E-state index contributed by atoms with van der Waals surface area (Å²) in [6.07, 6.45) is 2.01. The third-order valence-electron chi connectivity index (χ3n) is 5.63. The van der Waals surface area contributed by atoms with Gasteiger partial charge in [0.25, 0.3) is 0 Å². The maximum absolute atomic E-state index is 12.6. The van der Waals surface area contributed by atoms with Gasteiger partial charge in [0.05, 0.1) is 12.6 Å². The predicted molar refractivity (Wildman–Crippen MR) is 123 cm³/mol. The highest BCUT2D eigenvalue weighted by Crippen LogP contribution is 2.25. The molecule has 2 heterocycles. The predicted octanol–water partition coefficient (Wildman–Crippen LogP) is 4.21. The zero-order valence-corrected chi connectivity index (χ0v) is 18.0. The number of piperidine rings is 1. The van der Waals surface area contributed by atoms with Crippen molar-refractivity contribution in [1.82, 2.24) is 15.5 Å². The lowest BCUT2D eigenvalue weighted by Gasteiger charge is -2.32. The zero-order valence-electron chi connectivity index (χ0n) is 17.2. The molecule has 1 unspecified atom stereocenters. The van der Waals surface area contributed by atoms with Crippen molar-refractivity contribution in [3.05, 3.63) is 94.2 Å². The van der Waals surface area contributed by atoms with Gasteiger partial charge in [0.1, 0.15) is 0 Å². The molecule has 1 aliphatic heterocycles. The third kappa shape index (κ3) is 5.79. The first-order chi connectivity index (χ1) is 14.8. The van der Waals surface area contributed by atoms with Crippen LogP contribution in [0.3, 0.4) is 0 Å². The first-order valence-electron chi connectivity index (χ1n) is 10.7. The van der Waals surface area contributed by atoms with E-state index in [0.717, 1.165) is 32.5 Å². The van der Waals surface area contributed by atoms with Crippen molar-refractivity contribution in [3.8, 4) is 0 Å². The highest BCUT2D eigenvalue weighted by atomic mass is 32.1. The summed E-state index contributed by atoms with van der Waals surface area (Å²) in [5.41, 5.74) is 2.53. The van der Waals surface area contributed by atoms with Gasteiger partial charge in [-0.3, -0.25) is 15.0 Å². The Bertz CT molecular complexity index is 891. The van der Waals surface area contributed by atoms with E-state index in [4.69, 9.17) is 0 Å². The van der Waals surface area contributed by atoms with Gasteiger partial charge in [0.2, 0.25) is 5.91 Å². The van der Waals surface area contributed by atoms with Crippen molar-refractivity contribution in [1.29, 1.82) is 0 Å². The molecule has 1 atom stereocenters. The minimum absolute atomic E-state index is 0.0460. The number of nitrogens with one attached hydrogen (secondary N) is 2. The maximum atomic E-state index is 12.6. The SMILES string of the molecule is O=C(CNC(c1ccccc1)c1cccs1)NC1CCN(Cc2ccccc2)CC1. The fraction of sp³-hybridized carbons (Fsp3) is 0.320. The summed E-state index contributed by atoms with van der Waals surface area (Å²) in [6.45, 7) is 3.36. The second-order valence-corrected chi connectivity index (χ2v) is 8.82. The van der Waals surface area contributed by atoms with Crippen molar-refractivity contribution in [3.63, 3.8) is 0 Å². The highest BCUT2D eigenvalue weighted by molar-refractivity contribution is 7.10. The molecule has 2 N–H and O–H groups in total. The Kier molecular flexibility index (Phi) is 7.29. The van der Waals surface area contributed by atoms with Gasteiger partial charge in [-0.25, -0.2) is 0 Å². The number of carbonyl (C=O) groups is 1. The van der Waals surface area contributed by atoms with Gasteiger partial charge < -0.3 is 5.32 Å². The van der Waals surface area contributed by atoms with Crippen LogP contribution in [0.1, 0.15) is 34.9 Å². The third-order valence-corrected chi connectivity index (χ3v) is 6.57. The number of nitrogens with zero attached hydrogens (tertiary/aromatic N) is 1. The van der Waals surface area contributed by atoms with E-state index in [1.165, 1.54) is 16.0 Å². The number of carbonyl (C=O) groups excluding carboxylic acids is 1. The van der Waals surface area contributed by atoms with E-state index in [9.17, 15) is 4.79 Å². The summed E-state index contributed by atoms with van der Waals surface area (Å²) < 4.78 is 0. The molecule has 0 radical (unpaired) electrons. The molecule has 0 spiro atoms. The molecule has 1 fully saturated rings. The Hall–Kier alpha value is -2.47. The van der Waals surface area contributed by atoms with E-state index in [0.29, 0.717) is 6.54 Å². The number of rotatable bonds is 8. The summed E-state index contributed by atoms with van der Waals surface area (Å²) in [6, 6.07) is 25.4. The van der Waals surface area contributed by atoms with Crippen molar-refractivity contribution in [2.75, 3.05) is 19.6 Å². The molecule has 0 bridgehead atoms. The molecule has 0 aliphatic carbocycles. The van der Waals surface area contributed by atoms with Crippen LogP contribution in [0.5, 0.6) is 0 Å². The first kappa shape index (κ1) is 20.8. The molecule has 3 aromatic rings. The molecule has 156 valence electrons. The standard InChI is InChI=1S/C25H29N3OS/c29-24(18-26-25(23-12-7-17-30-23)21-10-5-2-6-11-21)27-22-13-15-28(16-14-22)19-20-8-3-1-4-9-20/h1-12,17,22,25-26H,13-16,18-19H2,(H,27,29). The summed E-state index contributed by atoms with van der Waals surface area (Å²) >= 11 is 1.71. The van der Waals surface area contributed by atoms with Gasteiger partial charge in [-0.05, 0) is 35.4 Å². The summed E-state index contributed by atoms with van der Waals surface area (Å²) in [4.78, 5) is 16.3. The lowest BCUT2D eigenvalue weighted by molar-refractivity contribution is -0.121. The molecule has 5 heteroatoms. The van der Waals surface area contributed by atoms with E-state index in [1.807, 2.05) is 18.2 Å². The molecule has 4 nitrogen and oxygen atoms in total. The smallest absolute Gasteiger partial charge is 0.234 e. The Morgan fingerprint density at radius 1 is 0.967 bits per heavy atom. The van der Waals surface area contributed by atoms with Crippen LogP contribution in [-0.4, -0.2) is 36.5 Å². The average Bonchev–Trinajstić information content (AvgIpc) is 3.31. The quantitative estimate of drug-likeness (QED) is 0.575. The van der Waals surface area contributed by atoms with Gasteiger partial charge >= 0.3 is 0 Å². The van der Waals surface area contributed by atoms with E-state index < -0.39 is 0 Å². The Morgan fingerprint density at radius 2 is 1.67 bits per heavy atom. The van der Waals surface area contributed by atoms with E-state index in [-0.39, 0.29) is 18.0 Å². The minimum atomic E-state index is 0.0460. The van der Waals surface area contributed by atoms with Gasteiger partial charge in [-0.1, -0.05) is 66.7 Å². The van der Waals surface area contributed by atoms with E-state index >= 15 is 0 Å². The number of hydrogen-bond donors (Lipinski definition) is 2. The van der Waals surface area contributed by atoms with Crippen LogP contribution in [0, 0.1) is 0 Å². The zero-order chi connectivity index (χ0) is 20.6. The van der Waals surface area contributed by atoms with Crippen molar-refractivity contribution >= 4 is 17.2 Å². The maximum Gasteiger partial charge on any atom is 0.234 e. The number of thiophene rings is 1. The van der Waals surface area contributed by atoms with Crippen LogP contribution in [0.4, 0.5) is 0 Å². The molecular weight excluding hydrogens is 390 g/mol. The molecule has 2 aromatic carbocycles. The number of amides is 1. The Balaban J connectivity index is 1.24. The summed E-state index contributed by atoms with van der Waals surface area (Å²) in [5.74, 6) is 0.0778. The van der Waals surface area contributed by atoms with Gasteiger partial charge in [0, 0.05) is 30.6 Å². The van der Waals surface area contributed by atoms with Gasteiger partial charge in [-0.15, -0.1) is 11.3 Å². The van der Waals surface area contributed by atoms with Crippen molar-refractivity contribution in [2.45, 2.75) is 31.5 Å². The normalized spacial score (nSPS) is 16.3. The van der Waals surface area contributed by atoms with Crippen LogP contribution in [0.15, 0.2) is 78.2 Å². The Labute approximate surface area is 182 Å². The van der Waals surface area contributed by atoms with E-state index in [2.05, 4.69) is 75.5 Å². The monoisotopic (exact) mass is 419 g/mol. The number of likely N-dealkylation sites (tertiary alicyclic amines) is 1.